The Labute approximate surface area is 211 Å². The van der Waals surface area contributed by atoms with Gasteiger partial charge in [-0.2, -0.15) is 0 Å². The third-order valence-corrected chi connectivity index (χ3v) is 6.44. The number of para-hydroxylation sites is 1. The van der Waals surface area contributed by atoms with Crippen LogP contribution in [0.2, 0.25) is 0 Å². The standard InChI is InChI=1S/C27H23N5O3S/c1-28-26(33)20-13-11-19(12-14-20)17-31(18-22-9-5-15-35-22)27(34)24-29-25(23-10-6-16-36-23)32(30-24)21-7-3-2-4-8-21/h2-16H,17-18H2,1H3,(H,28,33). The lowest BCUT2D eigenvalue weighted by molar-refractivity contribution is 0.0705. The summed E-state index contributed by atoms with van der Waals surface area (Å²) >= 11 is 1.53. The van der Waals surface area contributed by atoms with Crippen LogP contribution in [0.4, 0.5) is 0 Å². The van der Waals surface area contributed by atoms with Gasteiger partial charge in [-0.25, -0.2) is 9.67 Å². The van der Waals surface area contributed by atoms with Crippen LogP contribution in [0.1, 0.15) is 32.3 Å². The number of hydrogen-bond donors (Lipinski definition) is 1. The monoisotopic (exact) mass is 497 g/mol. The van der Waals surface area contributed by atoms with Crippen molar-refractivity contribution in [2.45, 2.75) is 13.1 Å². The lowest BCUT2D eigenvalue weighted by atomic mass is 10.1. The number of furan rings is 1. The fraction of sp³-hybridized carbons (Fsp3) is 0.111. The van der Waals surface area contributed by atoms with Gasteiger partial charge in [0.2, 0.25) is 5.82 Å². The normalized spacial score (nSPS) is 10.8. The van der Waals surface area contributed by atoms with Gasteiger partial charge in [-0.1, -0.05) is 36.4 Å². The fourth-order valence-electron chi connectivity index (χ4n) is 3.78. The first-order valence-corrected chi connectivity index (χ1v) is 12.2. The zero-order chi connectivity index (χ0) is 24.9. The van der Waals surface area contributed by atoms with Crippen molar-refractivity contribution < 1.29 is 14.0 Å². The molecule has 0 radical (unpaired) electrons. The molecule has 0 saturated heterocycles. The first-order chi connectivity index (χ1) is 17.6. The molecule has 36 heavy (non-hydrogen) atoms. The summed E-state index contributed by atoms with van der Waals surface area (Å²) in [6.07, 6.45) is 1.58. The molecular weight excluding hydrogens is 474 g/mol. The van der Waals surface area contributed by atoms with Crippen molar-refractivity contribution in [2.24, 2.45) is 0 Å². The number of nitrogens with one attached hydrogen (secondary N) is 1. The van der Waals surface area contributed by atoms with Gasteiger partial charge in [-0.3, -0.25) is 9.59 Å². The first kappa shape index (κ1) is 23.3. The van der Waals surface area contributed by atoms with Crippen LogP contribution >= 0.6 is 11.3 Å². The number of benzene rings is 2. The van der Waals surface area contributed by atoms with E-state index in [-0.39, 0.29) is 24.2 Å². The molecular formula is C27H23N5O3S. The maximum absolute atomic E-state index is 13.7. The summed E-state index contributed by atoms with van der Waals surface area (Å²) in [6.45, 7) is 0.541. The van der Waals surface area contributed by atoms with Crippen molar-refractivity contribution in [2.75, 3.05) is 7.05 Å². The van der Waals surface area contributed by atoms with Crippen molar-refractivity contribution in [1.29, 1.82) is 0 Å². The second kappa shape index (κ2) is 10.4. The van der Waals surface area contributed by atoms with E-state index in [1.807, 2.05) is 66.0 Å². The van der Waals surface area contributed by atoms with Crippen LogP contribution in [0.3, 0.4) is 0 Å². The van der Waals surface area contributed by atoms with Crippen molar-refractivity contribution >= 4 is 23.2 Å². The van der Waals surface area contributed by atoms with Crippen molar-refractivity contribution in [3.05, 3.63) is 113 Å². The summed E-state index contributed by atoms with van der Waals surface area (Å²) in [5.41, 5.74) is 2.23. The predicted octanol–water partition coefficient (Wildman–Crippen LogP) is 4.79. The van der Waals surface area contributed by atoms with E-state index in [0.29, 0.717) is 23.7 Å². The summed E-state index contributed by atoms with van der Waals surface area (Å²) in [7, 11) is 1.59. The Bertz CT molecular complexity index is 1440. The highest BCUT2D eigenvalue weighted by Gasteiger charge is 2.25. The molecule has 0 aliphatic carbocycles. The maximum atomic E-state index is 13.7. The zero-order valence-electron chi connectivity index (χ0n) is 19.5. The Morgan fingerprint density at radius 1 is 0.972 bits per heavy atom. The molecule has 0 fully saturated rings. The van der Waals surface area contributed by atoms with E-state index < -0.39 is 0 Å². The highest BCUT2D eigenvalue weighted by atomic mass is 32.1. The molecule has 9 heteroatoms. The van der Waals surface area contributed by atoms with Gasteiger partial charge in [0.05, 0.1) is 23.4 Å². The molecule has 0 spiro atoms. The molecule has 1 N–H and O–H groups in total. The molecule has 0 bridgehead atoms. The summed E-state index contributed by atoms with van der Waals surface area (Å²) in [4.78, 5) is 32.8. The maximum Gasteiger partial charge on any atom is 0.294 e. The van der Waals surface area contributed by atoms with Gasteiger partial charge in [0, 0.05) is 19.2 Å². The Morgan fingerprint density at radius 2 is 1.78 bits per heavy atom. The van der Waals surface area contributed by atoms with E-state index in [1.165, 1.54) is 11.3 Å². The lowest BCUT2D eigenvalue weighted by Gasteiger charge is -2.20. The minimum absolute atomic E-state index is 0.0933. The van der Waals surface area contributed by atoms with Gasteiger partial charge in [0.25, 0.3) is 11.8 Å². The smallest absolute Gasteiger partial charge is 0.294 e. The molecule has 0 aliphatic heterocycles. The fourth-order valence-corrected chi connectivity index (χ4v) is 4.47. The lowest BCUT2D eigenvalue weighted by Crippen LogP contribution is -2.31. The number of thiophene rings is 1. The first-order valence-electron chi connectivity index (χ1n) is 11.3. The van der Waals surface area contributed by atoms with E-state index >= 15 is 0 Å². The SMILES string of the molecule is CNC(=O)c1ccc(CN(Cc2ccco2)C(=O)c2nc(-c3cccs3)n(-c3ccccc3)n2)cc1. The number of aromatic nitrogens is 3. The van der Waals surface area contributed by atoms with E-state index in [2.05, 4.69) is 15.4 Å². The van der Waals surface area contributed by atoms with Gasteiger partial charge in [-0.05, 0) is 53.4 Å². The van der Waals surface area contributed by atoms with Crippen molar-refractivity contribution in [3.8, 4) is 16.4 Å². The largest absolute Gasteiger partial charge is 0.467 e. The molecule has 0 atom stereocenters. The summed E-state index contributed by atoms with van der Waals surface area (Å²) in [5, 5.41) is 9.19. The number of carbonyl (C=O) groups is 2. The highest BCUT2D eigenvalue weighted by molar-refractivity contribution is 7.13. The van der Waals surface area contributed by atoms with Crippen molar-refractivity contribution in [3.63, 3.8) is 0 Å². The highest BCUT2D eigenvalue weighted by Crippen LogP contribution is 2.26. The van der Waals surface area contributed by atoms with Crippen molar-refractivity contribution in [1.82, 2.24) is 25.0 Å². The van der Waals surface area contributed by atoms with Gasteiger partial charge in [0.1, 0.15) is 5.76 Å². The molecule has 0 saturated carbocycles. The van der Waals surface area contributed by atoms with E-state index in [1.54, 1.807) is 41.1 Å². The second-order valence-corrected chi connectivity index (χ2v) is 8.95. The summed E-state index contributed by atoms with van der Waals surface area (Å²) in [5.74, 6) is 0.852. The van der Waals surface area contributed by atoms with Crippen LogP contribution in [0.15, 0.2) is 94.9 Å². The molecule has 3 heterocycles. The van der Waals surface area contributed by atoms with Crippen LogP contribution in [-0.4, -0.2) is 38.5 Å². The number of carbonyl (C=O) groups excluding carboxylic acids is 2. The number of nitrogens with zero attached hydrogens (tertiary/aromatic N) is 4. The average Bonchev–Trinajstić information content (AvgIpc) is 3.70. The van der Waals surface area contributed by atoms with Gasteiger partial charge >= 0.3 is 0 Å². The predicted molar refractivity (Wildman–Crippen MR) is 137 cm³/mol. The molecule has 0 unspecified atom stereocenters. The van der Waals surface area contributed by atoms with Crippen LogP contribution in [-0.2, 0) is 13.1 Å². The number of rotatable bonds is 8. The molecule has 0 aliphatic rings. The Hall–Kier alpha value is -4.50. The molecule has 3 aromatic heterocycles. The van der Waals surface area contributed by atoms with Crippen LogP contribution in [0.5, 0.6) is 0 Å². The molecule has 8 nitrogen and oxygen atoms in total. The molecule has 5 aromatic rings. The quantitative estimate of drug-likeness (QED) is 0.333. The van der Waals surface area contributed by atoms with Gasteiger partial charge < -0.3 is 14.6 Å². The number of amides is 2. The second-order valence-electron chi connectivity index (χ2n) is 8.00. The van der Waals surface area contributed by atoms with Crippen LogP contribution in [0, 0.1) is 0 Å². The van der Waals surface area contributed by atoms with E-state index in [4.69, 9.17) is 4.42 Å². The van der Waals surface area contributed by atoms with Crippen LogP contribution < -0.4 is 5.32 Å². The number of hydrogen-bond acceptors (Lipinski definition) is 6. The summed E-state index contributed by atoms with van der Waals surface area (Å²) in [6, 6.07) is 24.3. The topological polar surface area (TPSA) is 93.3 Å². The van der Waals surface area contributed by atoms with Crippen LogP contribution in [0.25, 0.3) is 16.4 Å². The van der Waals surface area contributed by atoms with Gasteiger partial charge in [0.15, 0.2) is 5.82 Å². The average molecular weight is 498 g/mol. The van der Waals surface area contributed by atoms with E-state index in [0.717, 1.165) is 16.1 Å². The minimum atomic E-state index is -0.325. The Morgan fingerprint density at radius 3 is 2.44 bits per heavy atom. The summed E-state index contributed by atoms with van der Waals surface area (Å²) < 4.78 is 7.22. The zero-order valence-corrected chi connectivity index (χ0v) is 20.3. The Balaban J connectivity index is 1.49. The Kier molecular flexibility index (Phi) is 6.72. The van der Waals surface area contributed by atoms with Gasteiger partial charge in [-0.15, -0.1) is 16.4 Å². The third-order valence-electron chi connectivity index (χ3n) is 5.57. The molecule has 5 rings (SSSR count). The molecule has 180 valence electrons. The molecule has 2 aromatic carbocycles. The van der Waals surface area contributed by atoms with E-state index in [9.17, 15) is 9.59 Å². The molecule has 2 amide bonds. The third kappa shape index (κ3) is 4.96. The minimum Gasteiger partial charge on any atom is -0.467 e.